The maximum atomic E-state index is 10.5. The lowest BCUT2D eigenvalue weighted by atomic mass is 10.2. The standard InChI is InChI=1S/C17H15N3O/c1-19-8-7-11-5-6-12(9-16(11)19)20-10-14-13(17(20)21)3-2-4-15(14)18/h2-10,21H,18H2,1H3. The topological polar surface area (TPSA) is 56.1 Å². The van der Waals surface area contributed by atoms with Crippen LogP contribution in [0.25, 0.3) is 27.4 Å². The predicted octanol–water partition coefficient (Wildman–Crippen LogP) is 3.41. The van der Waals surface area contributed by atoms with Crippen LogP contribution in [0.5, 0.6) is 5.88 Å². The number of hydrogen-bond acceptors (Lipinski definition) is 2. The van der Waals surface area contributed by atoms with Crippen LogP contribution < -0.4 is 5.73 Å². The molecule has 4 aromatic rings. The quantitative estimate of drug-likeness (QED) is 0.524. The number of benzene rings is 2. The van der Waals surface area contributed by atoms with Gasteiger partial charge in [0, 0.05) is 41.4 Å². The summed E-state index contributed by atoms with van der Waals surface area (Å²) in [4.78, 5) is 0. The summed E-state index contributed by atoms with van der Waals surface area (Å²) in [5.74, 6) is 0.214. The van der Waals surface area contributed by atoms with Crippen LogP contribution in [-0.2, 0) is 7.05 Å². The van der Waals surface area contributed by atoms with Gasteiger partial charge in [-0.1, -0.05) is 12.1 Å². The number of aryl methyl sites for hydroxylation is 1. The number of nitrogen functional groups attached to an aromatic ring is 1. The Morgan fingerprint density at radius 1 is 1.05 bits per heavy atom. The zero-order chi connectivity index (χ0) is 14.6. The van der Waals surface area contributed by atoms with Crippen molar-refractivity contribution in [2.45, 2.75) is 0 Å². The van der Waals surface area contributed by atoms with E-state index in [4.69, 9.17) is 5.73 Å². The van der Waals surface area contributed by atoms with Crippen molar-refractivity contribution in [2.75, 3.05) is 5.73 Å². The molecule has 2 heterocycles. The summed E-state index contributed by atoms with van der Waals surface area (Å²) in [5, 5.41) is 13.3. The Labute approximate surface area is 121 Å². The molecular formula is C17H15N3O. The van der Waals surface area contributed by atoms with Gasteiger partial charge < -0.3 is 15.4 Å². The predicted molar refractivity (Wildman–Crippen MR) is 85.8 cm³/mol. The average Bonchev–Trinajstić information content (AvgIpc) is 3.02. The minimum atomic E-state index is 0.214. The lowest BCUT2D eigenvalue weighted by Gasteiger charge is -2.06. The summed E-state index contributed by atoms with van der Waals surface area (Å²) < 4.78 is 3.83. The Balaban J connectivity index is 2.01. The van der Waals surface area contributed by atoms with Gasteiger partial charge in [-0.05, 0) is 35.7 Å². The highest BCUT2D eigenvalue weighted by molar-refractivity contribution is 5.97. The molecule has 0 aliphatic rings. The zero-order valence-electron chi connectivity index (χ0n) is 11.6. The molecule has 0 aliphatic heterocycles. The van der Waals surface area contributed by atoms with Gasteiger partial charge in [-0.2, -0.15) is 0 Å². The van der Waals surface area contributed by atoms with Gasteiger partial charge in [0.05, 0.1) is 5.69 Å². The molecule has 0 bridgehead atoms. The second-order valence-corrected chi connectivity index (χ2v) is 5.30. The number of anilines is 1. The molecule has 21 heavy (non-hydrogen) atoms. The van der Waals surface area contributed by atoms with Crippen LogP contribution >= 0.6 is 0 Å². The first-order valence-corrected chi connectivity index (χ1v) is 6.79. The Hall–Kier alpha value is -2.88. The third-order valence-electron chi connectivity index (χ3n) is 4.02. The SMILES string of the molecule is Cn1ccc2ccc(-n3cc4c(N)cccc4c3O)cc21. The second kappa shape index (κ2) is 4.06. The Bertz CT molecular complexity index is 978. The summed E-state index contributed by atoms with van der Waals surface area (Å²) in [6, 6.07) is 13.7. The zero-order valence-corrected chi connectivity index (χ0v) is 11.6. The maximum absolute atomic E-state index is 10.5. The Kier molecular flexibility index (Phi) is 2.30. The van der Waals surface area contributed by atoms with Crippen LogP contribution in [0.4, 0.5) is 5.69 Å². The fraction of sp³-hybridized carbons (Fsp3) is 0.0588. The van der Waals surface area contributed by atoms with Gasteiger partial charge in [-0.15, -0.1) is 0 Å². The molecule has 4 nitrogen and oxygen atoms in total. The maximum Gasteiger partial charge on any atom is 0.203 e. The highest BCUT2D eigenvalue weighted by Gasteiger charge is 2.12. The molecule has 104 valence electrons. The average molecular weight is 277 g/mol. The molecular weight excluding hydrogens is 262 g/mol. The number of aromatic hydroxyl groups is 1. The molecule has 0 fully saturated rings. The van der Waals surface area contributed by atoms with Gasteiger partial charge in [0.15, 0.2) is 0 Å². The largest absolute Gasteiger partial charge is 0.494 e. The summed E-state index contributed by atoms with van der Waals surface area (Å²) in [7, 11) is 2.01. The molecule has 0 saturated carbocycles. The Morgan fingerprint density at radius 2 is 1.90 bits per heavy atom. The number of nitrogens with two attached hydrogens (primary N) is 1. The van der Waals surface area contributed by atoms with E-state index in [2.05, 4.69) is 22.8 Å². The van der Waals surface area contributed by atoms with Gasteiger partial charge in [-0.25, -0.2) is 0 Å². The van der Waals surface area contributed by atoms with Crippen LogP contribution in [0.1, 0.15) is 0 Å². The molecule has 4 heteroatoms. The van der Waals surface area contributed by atoms with Crippen molar-refractivity contribution in [3.05, 3.63) is 54.9 Å². The number of rotatable bonds is 1. The van der Waals surface area contributed by atoms with Gasteiger partial charge in [0.1, 0.15) is 0 Å². The highest BCUT2D eigenvalue weighted by atomic mass is 16.3. The molecule has 4 rings (SSSR count). The highest BCUT2D eigenvalue weighted by Crippen LogP contribution is 2.33. The Morgan fingerprint density at radius 3 is 2.71 bits per heavy atom. The van der Waals surface area contributed by atoms with Gasteiger partial charge >= 0.3 is 0 Å². The monoisotopic (exact) mass is 277 g/mol. The molecule has 0 atom stereocenters. The van der Waals surface area contributed by atoms with Crippen molar-refractivity contribution in [3.63, 3.8) is 0 Å². The van der Waals surface area contributed by atoms with Gasteiger partial charge in [-0.3, -0.25) is 4.57 Å². The van der Waals surface area contributed by atoms with E-state index in [1.807, 2.05) is 43.7 Å². The third kappa shape index (κ3) is 1.62. The van der Waals surface area contributed by atoms with E-state index in [-0.39, 0.29) is 5.88 Å². The second-order valence-electron chi connectivity index (χ2n) is 5.30. The number of nitrogens with zero attached hydrogens (tertiary/aromatic N) is 2. The van der Waals surface area contributed by atoms with E-state index in [0.717, 1.165) is 22.0 Å². The summed E-state index contributed by atoms with van der Waals surface area (Å²) in [6.45, 7) is 0. The fourth-order valence-corrected chi connectivity index (χ4v) is 2.84. The first kappa shape index (κ1) is 11.9. The van der Waals surface area contributed by atoms with Crippen molar-refractivity contribution in [1.29, 1.82) is 0 Å². The third-order valence-corrected chi connectivity index (χ3v) is 4.02. The molecule has 0 spiro atoms. The van der Waals surface area contributed by atoms with Crippen LogP contribution in [0, 0.1) is 0 Å². The smallest absolute Gasteiger partial charge is 0.203 e. The molecule has 3 N–H and O–H groups in total. The minimum Gasteiger partial charge on any atom is -0.494 e. The van der Waals surface area contributed by atoms with E-state index >= 15 is 0 Å². The van der Waals surface area contributed by atoms with Crippen LogP contribution in [0.15, 0.2) is 54.9 Å². The first-order chi connectivity index (χ1) is 10.1. The van der Waals surface area contributed by atoms with Crippen molar-refractivity contribution in [2.24, 2.45) is 7.05 Å². The van der Waals surface area contributed by atoms with Gasteiger partial charge in [0.25, 0.3) is 0 Å². The summed E-state index contributed by atoms with van der Waals surface area (Å²) in [6.07, 6.45) is 3.91. The molecule has 0 unspecified atom stereocenters. The fourth-order valence-electron chi connectivity index (χ4n) is 2.84. The van der Waals surface area contributed by atoms with E-state index in [1.54, 1.807) is 4.57 Å². The van der Waals surface area contributed by atoms with E-state index in [9.17, 15) is 5.11 Å². The van der Waals surface area contributed by atoms with Crippen molar-refractivity contribution in [3.8, 4) is 11.6 Å². The minimum absolute atomic E-state index is 0.214. The van der Waals surface area contributed by atoms with E-state index in [0.29, 0.717) is 5.69 Å². The van der Waals surface area contributed by atoms with Crippen LogP contribution in [-0.4, -0.2) is 14.2 Å². The van der Waals surface area contributed by atoms with Crippen molar-refractivity contribution < 1.29 is 5.11 Å². The van der Waals surface area contributed by atoms with Gasteiger partial charge in [0.2, 0.25) is 5.88 Å². The lowest BCUT2D eigenvalue weighted by Crippen LogP contribution is -1.92. The molecule has 0 saturated heterocycles. The molecule has 2 aromatic carbocycles. The van der Waals surface area contributed by atoms with Crippen LogP contribution in [0.3, 0.4) is 0 Å². The van der Waals surface area contributed by atoms with E-state index < -0.39 is 0 Å². The summed E-state index contributed by atoms with van der Waals surface area (Å²) in [5.41, 5.74) is 8.69. The van der Waals surface area contributed by atoms with Crippen molar-refractivity contribution >= 4 is 27.4 Å². The number of fused-ring (bicyclic) bond motifs is 2. The number of hydrogen-bond donors (Lipinski definition) is 2. The molecule has 0 aliphatic carbocycles. The molecule has 0 amide bonds. The van der Waals surface area contributed by atoms with Crippen LogP contribution in [0.2, 0.25) is 0 Å². The van der Waals surface area contributed by atoms with Crippen molar-refractivity contribution in [1.82, 2.24) is 9.13 Å². The first-order valence-electron chi connectivity index (χ1n) is 6.79. The normalized spacial score (nSPS) is 11.5. The van der Waals surface area contributed by atoms with E-state index in [1.165, 1.54) is 5.39 Å². The lowest BCUT2D eigenvalue weighted by molar-refractivity contribution is 0.448. The molecule has 0 radical (unpaired) electrons. The summed E-state index contributed by atoms with van der Waals surface area (Å²) >= 11 is 0. The molecule has 2 aromatic heterocycles. The number of aromatic nitrogens is 2.